The van der Waals surface area contributed by atoms with Crippen LogP contribution in [-0.4, -0.2) is 68.3 Å². The molecule has 17 heavy (non-hydrogen) atoms. The number of rotatable bonds is 5. The molecule has 0 saturated heterocycles. The molecule has 1 aliphatic rings. The average molecular weight is 248 g/mol. The van der Waals surface area contributed by atoms with E-state index in [0.717, 1.165) is 0 Å². The second-order valence-corrected chi connectivity index (χ2v) is 3.64. The van der Waals surface area contributed by atoms with E-state index in [1.807, 2.05) is 0 Å². The summed E-state index contributed by atoms with van der Waals surface area (Å²) >= 11 is 0. The van der Waals surface area contributed by atoms with E-state index in [2.05, 4.69) is 0 Å². The summed E-state index contributed by atoms with van der Waals surface area (Å²) < 4.78 is 4.91. The van der Waals surface area contributed by atoms with Crippen LogP contribution in [0.3, 0.4) is 0 Å². The Morgan fingerprint density at radius 2 is 1.88 bits per heavy atom. The maximum atomic E-state index is 9.54. The highest BCUT2D eigenvalue weighted by Crippen LogP contribution is 2.18. The van der Waals surface area contributed by atoms with Gasteiger partial charge in [0.25, 0.3) is 0 Å². The summed E-state index contributed by atoms with van der Waals surface area (Å²) in [7, 11) is 0. The van der Waals surface area contributed by atoms with Gasteiger partial charge in [-0.3, -0.25) is 0 Å². The van der Waals surface area contributed by atoms with Gasteiger partial charge in [-0.1, -0.05) is 0 Å². The highest BCUT2D eigenvalue weighted by Gasteiger charge is 2.33. The molecule has 1 heterocycles. The fraction of sp³-hybridized carbons (Fsp3) is 0.600. The Bertz CT molecular complexity index is 312. The molecule has 6 N–H and O–H groups in total. The molecular weight excluding hydrogens is 232 g/mol. The van der Waals surface area contributed by atoms with Crippen molar-refractivity contribution in [2.45, 2.75) is 24.4 Å². The van der Waals surface area contributed by atoms with Crippen LogP contribution in [0, 0.1) is 0 Å². The lowest BCUT2D eigenvalue weighted by Crippen LogP contribution is -2.46. The first-order valence-electron chi connectivity index (χ1n) is 5.04. The first-order chi connectivity index (χ1) is 7.99. The smallest absolute Gasteiger partial charge is 0.166 e. The first kappa shape index (κ1) is 13.9. The predicted molar refractivity (Wildman–Crippen MR) is 55.9 cm³/mol. The minimum absolute atomic E-state index is 0.0118. The van der Waals surface area contributed by atoms with Gasteiger partial charge in [0.15, 0.2) is 11.5 Å². The third-order valence-corrected chi connectivity index (χ3v) is 2.39. The van der Waals surface area contributed by atoms with Gasteiger partial charge in [0.2, 0.25) is 0 Å². The minimum atomic E-state index is -1.85. The summed E-state index contributed by atoms with van der Waals surface area (Å²) in [5, 5.41) is 55.5. The van der Waals surface area contributed by atoms with E-state index in [0.29, 0.717) is 0 Å². The summed E-state index contributed by atoms with van der Waals surface area (Å²) in [5.74, 6) is -0.655. The molecule has 0 aliphatic carbocycles. The van der Waals surface area contributed by atoms with Gasteiger partial charge in [-0.25, -0.2) is 0 Å². The molecule has 0 fully saturated rings. The van der Waals surface area contributed by atoms with Crippen LogP contribution < -0.4 is 0 Å². The maximum absolute atomic E-state index is 9.54. The van der Waals surface area contributed by atoms with Crippen molar-refractivity contribution in [1.82, 2.24) is 0 Å². The summed E-state index contributed by atoms with van der Waals surface area (Å²) in [4.78, 5) is 0. The standard InChI is InChI=1S/C10H16O7/c11-4-5(12)7(13)9(15)10(16)8(14)6-2-1-3-17-6/h1-2,5,7,9-16H,3-4H2/t5-,7-,9+,10+/m1/s1. The molecule has 0 saturated carbocycles. The van der Waals surface area contributed by atoms with Crippen molar-refractivity contribution in [3.05, 3.63) is 23.7 Å². The van der Waals surface area contributed by atoms with Crippen molar-refractivity contribution in [2.24, 2.45) is 0 Å². The third-order valence-electron chi connectivity index (χ3n) is 2.39. The van der Waals surface area contributed by atoms with E-state index in [-0.39, 0.29) is 12.4 Å². The maximum Gasteiger partial charge on any atom is 0.166 e. The fourth-order valence-electron chi connectivity index (χ4n) is 1.33. The predicted octanol–water partition coefficient (Wildman–Crippen LogP) is -2.22. The molecule has 0 spiro atoms. The van der Waals surface area contributed by atoms with Crippen LogP contribution in [-0.2, 0) is 4.74 Å². The summed E-state index contributed by atoms with van der Waals surface area (Å²) in [6.07, 6.45) is -4.07. The topological polar surface area (TPSA) is 131 Å². The second kappa shape index (κ2) is 5.99. The molecule has 0 amide bonds. The van der Waals surface area contributed by atoms with E-state index in [1.54, 1.807) is 6.08 Å². The van der Waals surface area contributed by atoms with Crippen molar-refractivity contribution in [3.8, 4) is 0 Å². The molecule has 0 aromatic rings. The van der Waals surface area contributed by atoms with Gasteiger partial charge in [0.1, 0.15) is 31.0 Å². The molecular formula is C10H16O7. The molecule has 0 aromatic heterocycles. The largest absolute Gasteiger partial charge is 0.506 e. The monoisotopic (exact) mass is 248 g/mol. The first-order valence-corrected chi connectivity index (χ1v) is 5.04. The number of hydrogen-bond donors (Lipinski definition) is 6. The molecule has 1 aliphatic heterocycles. The zero-order valence-corrected chi connectivity index (χ0v) is 8.97. The van der Waals surface area contributed by atoms with E-state index in [1.165, 1.54) is 6.08 Å². The zero-order chi connectivity index (χ0) is 13.0. The third kappa shape index (κ3) is 3.18. The van der Waals surface area contributed by atoms with Crippen molar-refractivity contribution < 1.29 is 35.4 Å². The molecule has 0 radical (unpaired) electrons. The Balaban J connectivity index is 2.72. The van der Waals surface area contributed by atoms with Gasteiger partial charge in [-0.15, -0.1) is 0 Å². The van der Waals surface area contributed by atoms with Gasteiger partial charge < -0.3 is 35.4 Å². The highest BCUT2D eigenvalue weighted by molar-refractivity contribution is 5.23. The summed E-state index contributed by atoms with van der Waals surface area (Å²) in [6, 6.07) is 0. The normalized spacial score (nSPS) is 25.0. The van der Waals surface area contributed by atoms with E-state index < -0.39 is 36.8 Å². The summed E-state index contributed by atoms with van der Waals surface area (Å²) in [6.45, 7) is -0.539. The fourth-order valence-corrected chi connectivity index (χ4v) is 1.33. The van der Waals surface area contributed by atoms with Crippen LogP contribution in [0.2, 0.25) is 0 Å². The lowest BCUT2D eigenvalue weighted by molar-refractivity contribution is -0.114. The Kier molecular flexibility index (Phi) is 4.91. The molecule has 1 rings (SSSR count). The number of hydrogen-bond acceptors (Lipinski definition) is 7. The molecule has 7 nitrogen and oxygen atoms in total. The van der Waals surface area contributed by atoms with E-state index >= 15 is 0 Å². The second-order valence-electron chi connectivity index (χ2n) is 3.64. The molecule has 0 unspecified atom stereocenters. The van der Waals surface area contributed by atoms with Crippen molar-refractivity contribution >= 4 is 0 Å². The minimum Gasteiger partial charge on any atom is -0.506 e. The SMILES string of the molecule is OC[C@@H](O)[C@@H](O)[C@H](O)[C@@H](O)C(O)=C1C=CCO1. The van der Waals surface area contributed by atoms with Crippen LogP contribution in [0.1, 0.15) is 0 Å². The van der Waals surface area contributed by atoms with Crippen LogP contribution in [0.15, 0.2) is 23.7 Å². The quantitative estimate of drug-likeness (QED) is 0.304. The Labute approximate surface area is 97.5 Å². The van der Waals surface area contributed by atoms with Crippen LogP contribution in [0.4, 0.5) is 0 Å². The van der Waals surface area contributed by atoms with Gasteiger partial charge in [0, 0.05) is 0 Å². The lowest BCUT2D eigenvalue weighted by Gasteiger charge is -2.25. The number of aliphatic hydroxyl groups is 6. The Hall–Kier alpha value is -1.12. The molecule has 7 heteroatoms. The summed E-state index contributed by atoms with van der Waals surface area (Å²) in [5.41, 5.74) is 0. The zero-order valence-electron chi connectivity index (χ0n) is 8.97. The van der Waals surface area contributed by atoms with Gasteiger partial charge in [-0.05, 0) is 12.2 Å². The van der Waals surface area contributed by atoms with Crippen LogP contribution >= 0.6 is 0 Å². The molecule has 4 atom stereocenters. The average Bonchev–Trinajstić information content (AvgIpc) is 2.87. The van der Waals surface area contributed by atoms with Crippen LogP contribution in [0.25, 0.3) is 0 Å². The number of aliphatic hydroxyl groups excluding tert-OH is 6. The van der Waals surface area contributed by atoms with Gasteiger partial charge in [-0.2, -0.15) is 0 Å². The highest BCUT2D eigenvalue weighted by atomic mass is 16.5. The number of allylic oxidation sites excluding steroid dienone is 1. The van der Waals surface area contributed by atoms with E-state index in [9.17, 15) is 20.4 Å². The van der Waals surface area contributed by atoms with Crippen molar-refractivity contribution in [2.75, 3.05) is 13.2 Å². The number of ether oxygens (including phenoxy) is 1. The molecule has 0 bridgehead atoms. The molecule has 0 aromatic carbocycles. The Morgan fingerprint density at radius 1 is 1.24 bits per heavy atom. The van der Waals surface area contributed by atoms with Crippen LogP contribution in [0.5, 0.6) is 0 Å². The van der Waals surface area contributed by atoms with Gasteiger partial charge in [0.05, 0.1) is 6.61 Å². The van der Waals surface area contributed by atoms with E-state index in [4.69, 9.17) is 14.9 Å². The Morgan fingerprint density at radius 3 is 2.35 bits per heavy atom. The molecule has 98 valence electrons. The van der Waals surface area contributed by atoms with Crippen molar-refractivity contribution in [1.29, 1.82) is 0 Å². The lowest BCUT2D eigenvalue weighted by atomic mass is 10.0. The van der Waals surface area contributed by atoms with Gasteiger partial charge >= 0.3 is 0 Å². The van der Waals surface area contributed by atoms with Crippen molar-refractivity contribution in [3.63, 3.8) is 0 Å².